The Bertz CT molecular complexity index is 751. The molecule has 0 unspecified atom stereocenters. The fourth-order valence-corrected chi connectivity index (χ4v) is 3.54. The first-order valence-electron chi connectivity index (χ1n) is 9.09. The molecule has 136 valence electrons. The number of anilines is 2. The van der Waals surface area contributed by atoms with Gasteiger partial charge in [-0.1, -0.05) is 0 Å². The maximum atomic E-state index is 13.0. The highest BCUT2D eigenvalue weighted by Crippen LogP contribution is 2.19. The SMILES string of the molecule is O=C(c1ccc(N2CCCC2)nn1)N1CCN(c2ccc(F)cc2)CC1. The van der Waals surface area contributed by atoms with Crippen LogP contribution in [0.3, 0.4) is 0 Å². The Morgan fingerprint density at radius 3 is 2.12 bits per heavy atom. The zero-order valence-electron chi connectivity index (χ0n) is 14.6. The van der Waals surface area contributed by atoms with Crippen LogP contribution in [0.4, 0.5) is 15.9 Å². The van der Waals surface area contributed by atoms with Gasteiger partial charge in [0.25, 0.3) is 5.91 Å². The number of piperazine rings is 1. The normalized spacial score (nSPS) is 17.7. The lowest BCUT2D eigenvalue weighted by molar-refractivity contribution is 0.0739. The molecule has 2 aliphatic rings. The topological polar surface area (TPSA) is 52.6 Å². The first-order chi connectivity index (χ1) is 12.7. The molecule has 0 radical (unpaired) electrons. The molecule has 0 N–H and O–H groups in total. The van der Waals surface area contributed by atoms with E-state index in [4.69, 9.17) is 0 Å². The summed E-state index contributed by atoms with van der Waals surface area (Å²) in [5.74, 6) is 0.530. The Hall–Kier alpha value is -2.70. The van der Waals surface area contributed by atoms with Gasteiger partial charge in [-0.25, -0.2) is 4.39 Å². The first kappa shape index (κ1) is 16.8. The molecule has 0 atom stereocenters. The van der Waals surface area contributed by atoms with Gasteiger partial charge in [-0.3, -0.25) is 4.79 Å². The summed E-state index contributed by atoms with van der Waals surface area (Å²) >= 11 is 0. The number of carbonyl (C=O) groups is 1. The number of hydrogen-bond acceptors (Lipinski definition) is 5. The zero-order chi connectivity index (χ0) is 17.9. The van der Waals surface area contributed by atoms with Crippen molar-refractivity contribution in [3.8, 4) is 0 Å². The predicted molar refractivity (Wildman–Crippen MR) is 98.0 cm³/mol. The lowest BCUT2D eigenvalue weighted by atomic mass is 10.2. The van der Waals surface area contributed by atoms with Crippen molar-refractivity contribution in [1.29, 1.82) is 0 Å². The van der Waals surface area contributed by atoms with E-state index >= 15 is 0 Å². The largest absolute Gasteiger partial charge is 0.368 e. The van der Waals surface area contributed by atoms with Gasteiger partial charge in [-0.15, -0.1) is 10.2 Å². The van der Waals surface area contributed by atoms with E-state index in [0.29, 0.717) is 18.8 Å². The summed E-state index contributed by atoms with van der Waals surface area (Å²) in [6.45, 7) is 4.69. The van der Waals surface area contributed by atoms with Crippen LogP contribution >= 0.6 is 0 Å². The number of halogens is 1. The third-order valence-electron chi connectivity index (χ3n) is 5.06. The maximum Gasteiger partial charge on any atom is 0.274 e. The highest BCUT2D eigenvalue weighted by molar-refractivity contribution is 5.92. The number of nitrogens with zero attached hydrogens (tertiary/aromatic N) is 5. The van der Waals surface area contributed by atoms with Crippen molar-refractivity contribution in [2.24, 2.45) is 0 Å². The number of amides is 1. The molecule has 4 rings (SSSR count). The van der Waals surface area contributed by atoms with E-state index in [0.717, 1.165) is 37.7 Å². The van der Waals surface area contributed by atoms with Crippen LogP contribution in [0.1, 0.15) is 23.3 Å². The van der Waals surface area contributed by atoms with Gasteiger partial charge in [0.15, 0.2) is 11.5 Å². The molecule has 2 aliphatic heterocycles. The molecule has 26 heavy (non-hydrogen) atoms. The van der Waals surface area contributed by atoms with E-state index in [1.165, 1.54) is 25.0 Å². The number of rotatable bonds is 3. The second-order valence-corrected chi connectivity index (χ2v) is 6.73. The molecule has 0 aliphatic carbocycles. The average Bonchev–Trinajstić information content (AvgIpc) is 3.23. The molecular formula is C19H22FN5O. The Kier molecular flexibility index (Phi) is 4.69. The van der Waals surface area contributed by atoms with Crippen molar-refractivity contribution in [3.63, 3.8) is 0 Å². The molecular weight excluding hydrogens is 333 g/mol. The van der Waals surface area contributed by atoms with Crippen LogP contribution in [-0.2, 0) is 0 Å². The summed E-state index contributed by atoms with van der Waals surface area (Å²) in [5.41, 5.74) is 1.37. The molecule has 2 saturated heterocycles. The van der Waals surface area contributed by atoms with Crippen LogP contribution in [0.2, 0.25) is 0 Å². The zero-order valence-corrected chi connectivity index (χ0v) is 14.6. The van der Waals surface area contributed by atoms with E-state index in [-0.39, 0.29) is 11.7 Å². The summed E-state index contributed by atoms with van der Waals surface area (Å²) in [6.07, 6.45) is 2.36. The summed E-state index contributed by atoms with van der Waals surface area (Å²) in [6, 6.07) is 10.1. The van der Waals surface area contributed by atoms with Crippen LogP contribution in [0, 0.1) is 5.82 Å². The lowest BCUT2D eigenvalue weighted by Gasteiger charge is -2.35. The molecule has 3 heterocycles. The van der Waals surface area contributed by atoms with Gasteiger partial charge in [-0.2, -0.15) is 0 Å². The fourth-order valence-electron chi connectivity index (χ4n) is 3.54. The standard InChI is InChI=1S/C19H22FN5O/c20-15-3-5-16(6-4-15)23-11-13-25(14-12-23)19(26)17-7-8-18(22-21-17)24-9-1-2-10-24/h3-8H,1-2,9-14H2. The molecule has 0 spiro atoms. The smallest absolute Gasteiger partial charge is 0.274 e. The number of carbonyl (C=O) groups excluding carboxylic acids is 1. The second-order valence-electron chi connectivity index (χ2n) is 6.73. The highest BCUT2D eigenvalue weighted by atomic mass is 19.1. The molecule has 7 heteroatoms. The molecule has 1 amide bonds. The van der Waals surface area contributed by atoms with Gasteiger partial charge in [0.2, 0.25) is 0 Å². The predicted octanol–water partition coefficient (Wildman–Crippen LogP) is 2.18. The third kappa shape index (κ3) is 3.47. The van der Waals surface area contributed by atoms with Gasteiger partial charge < -0.3 is 14.7 Å². The molecule has 1 aromatic carbocycles. The summed E-state index contributed by atoms with van der Waals surface area (Å²) < 4.78 is 13.0. The van der Waals surface area contributed by atoms with E-state index in [2.05, 4.69) is 20.0 Å². The van der Waals surface area contributed by atoms with Gasteiger partial charge in [0.05, 0.1) is 0 Å². The maximum absolute atomic E-state index is 13.0. The van der Waals surface area contributed by atoms with Crippen molar-refractivity contribution < 1.29 is 9.18 Å². The summed E-state index contributed by atoms with van der Waals surface area (Å²) in [7, 11) is 0. The third-order valence-corrected chi connectivity index (χ3v) is 5.06. The van der Waals surface area contributed by atoms with Crippen LogP contribution in [0.25, 0.3) is 0 Å². The number of aromatic nitrogens is 2. The van der Waals surface area contributed by atoms with E-state index < -0.39 is 0 Å². The molecule has 0 saturated carbocycles. The Balaban J connectivity index is 1.36. The van der Waals surface area contributed by atoms with Crippen LogP contribution in [0.5, 0.6) is 0 Å². The second kappa shape index (κ2) is 7.27. The number of benzene rings is 1. The van der Waals surface area contributed by atoms with Gasteiger partial charge in [0.1, 0.15) is 5.82 Å². The number of hydrogen-bond donors (Lipinski definition) is 0. The lowest BCUT2D eigenvalue weighted by Crippen LogP contribution is -2.49. The molecule has 1 aromatic heterocycles. The molecule has 6 nitrogen and oxygen atoms in total. The molecule has 2 fully saturated rings. The summed E-state index contributed by atoms with van der Waals surface area (Å²) in [4.78, 5) is 18.8. The Labute approximate surface area is 152 Å². The van der Waals surface area contributed by atoms with Crippen LogP contribution in [-0.4, -0.2) is 60.3 Å². The van der Waals surface area contributed by atoms with Crippen LogP contribution < -0.4 is 9.80 Å². The van der Waals surface area contributed by atoms with Gasteiger partial charge in [0, 0.05) is 45.0 Å². The van der Waals surface area contributed by atoms with E-state index in [9.17, 15) is 9.18 Å². The van der Waals surface area contributed by atoms with E-state index in [1.807, 2.05) is 6.07 Å². The average molecular weight is 355 g/mol. The van der Waals surface area contributed by atoms with Crippen LogP contribution in [0.15, 0.2) is 36.4 Å². The monoisotopic (exact) mass is 355 g/mol. The molecule has 0 bridgehead atoms. The Morgan fingerprint density at radius 1 is 0.808 bits per heavy atom. The minimum atomic E-state index is -0.237. The van der Waals surface area contributed by atoms with Crippen molar-refractivity contribution in [2.75, 3.05) is 49.1 Å². The Morgan fingerprint density at radius 2 is 1.50 bits per heavy atom. The fraction of sp³-hybridized carbons (Fsp3) is 0.421. The van der Waals surface area contributed by atoms with Crippen molar-refractivity contribution in [1.82, 2.24) is 15.1 Å². The highest BCUT2D eigenvalue weighted by Gasteiger charge is 2.24. The first-order valence-corrected chi connectivity index (χ1v) is 9.09. The van der Waals surface area contributed by atoms with E-state index in [1.54, 1.807) is 23.1 Å². The van der Waals surface area contributed by atoms with Crippen molar-refractivity contribution in [2.45, 2.75) is 12.8 Å². The minimum absolute atomic E-state index is 0.0794. The van der Waals surface area contributed by atoms with Crippen molar-refractivity contribution in [3.05, 3.63) is 47.9 Å². The van der Waals surface area contributed by atoms with Crippen molar-refractivity contribution >= 4 is 17.4 Å². The molecule has 2 aromatic rings. The quantitative estimate of drug-likeness (QED) is 0.845. The summed E-state index contributed by atoms with van der Waals surface area (Å²) in [5, 5.41) is 8.38. The minimum Gasteiger partial charge on any atom is -0.368 e. The van der Waals surface area contributed by atoms with Gasteiger partial charge in [-0.05, 0) is 49.2 Å². The van der Waals surface area contributed by atoms with Gasteiger partial charge >= 0.3 is 0 Å².